The predicted octanol–water partition coefficient (Wildman–Crippen LogP) is 3.42. The van der Waals surface area contributed by atoms with Gasteiger partial charge in [-0.1, -0.05) is 42.8 Å². The highest BCUT2D eigenvalue weighted by atomic mass is 16.4. The van der Waals surface area contributed by atoms with Gasteiger partial charge in [0.1, 0.15) is 6.04 Å². The summed E-state index contributed by atoms with van der Waals surface area (Å²) < 4.78 is 0. The third-order valence-corrected chi connectivity index (χ3v) is 4.49. The van der Waals surface area contributed by atoms with Crippen LogP contribution in [0.5, 0.6) is 0 Å². The van der Waals surface area contributed by atoms with E-state index in [1.54, 1.807) is 0 Å². The second-order valence-corrected chi connectivity index (χ2v) is 6.16. The summed E-state index contributed by atoms with van der Waals surface area (Å²) in [6, 6.07) is 13.6. The summed E-state index contributed by atoms with van der Waals surface area (Å²) in [5, 5.41) is 9.63. The number of nitrogens with zero attached hydrogens (tertiary/aromatic N) is 2. The summed E-state index contributed by atoms with van der Waals surface area (Å²) in [4.78, 5) is 18.4. The third kappa shape index (κ3) is 3.42. The number of piperidine rings is 1. The molecule has 0 spiro atoms. The fourth-order valence-electron chi connectivity index (χ4n) is 3.34. The molecule has 1 N–H and O–H groups in total. The van der Waals surface area contributed by atoms with E-state index in [1.165, 1.54) is 0 Å². The van der Waals surface area contributed by atoms with Crippen molar-refractivity contribution in [2.45, 2.75) is 38.3 Å². The van der Waals surface area contributed by atoms with Gasteiger partial charge < -0.3 is 5.11 Å². The van der Waals surface area contributed by atoms with Gasteiger partial charge in [-0.25, -0.2) is 0 Å². The van der Waals surface area contributed by atoms with Crippen LogP contribution in [0.1, 0.15) is 42.1 Å². The van der Waals surface area contributed by atoms with E-state index in [-0.39, 0.29) is 6.04 Å². The topological polar surface area (TPSA) is 53.4 Å². The lowest BCUT2D eigenvalue weighted by Crippen LogP contribution is -2.47. The molecule has 2 atom stereocenters. The average molecular weight is 310 g/mol. The summed E-state index contributed by atoms with van der Waals surface area (Å²) in [5.74, 6) is -0.738. The third-order valence-electron chi connectivity index (χ3n) is 4.49. The van der Waals surface area contributed by atoms with Crippen molar-refractivity contribution in [1.29, 1.82) is 0 Å². The Morgan fingerprint density at radius 1 is 1.22 bits per heavy atom. The summed E-state index contributed by atoms with van der Waals surface area (Å²) in [6.45, 7) is 2.79. The average Bonchev–Trinajstić information content (AvgIpc) is 2.58. The molecular formula is C19H22N2O2. The lowest BCUT2D eigenvalue weighted by atomic mass is 9.94. The number of carboxylic acid groups (broad SMARTS) is 1. The fraction of sp³-hybridized carbons (Fsp3) is 0.368. The number of carbonyl (C=O) groups is 1. The minimum absolute atomic E-state index is 0.113. The van der Waals surface area contributed by atoms with Crippen LogP contribution in [-0.2, 0) is 4.79 Å². The second kappa shape index (κ2) is 6.92. The lowest BCUT2D eigenvalue weighted by Gasteiger charge is -2.39. The van der Waals surface area contributed by atoms with Gasteiger partial charge in [0.25, 0.3) is 0 Å². The summed E-state index contributed by atoms with van der Waals surface area (Å²) in [6.07, 6.45) is 4.55. The first-order valence-electron chi connectivity index (χ1n) is 8.13. The number of carboxylic acids is 1. The summed E-state index contributed by atoms with van der Waals surface area (Å²) in [7, 11) is 0. The van der Waals surface area contributed by atoms with Gasteiger partial charge in [-0.2, -0.15) is 0 Å². The van der Waals surface area contributed by atoms with E-state index >= 15 is 0 Å². The molecule has 1 aliphatic heterocycles. The normalized spacial score (nSPS) is 20.1. The molecule has 4 nitrogen and oxygen atoms in total. The quantitative estimate of drug-likeness (QED) is 0.940. The number of hydrogen-bond donors (Lipinski definition) is 1. The molecule has 23 heavy (non-hydrogen) atoms. The highest BCUT2D eigenvalue weighted by molar-refractivity contribution is 5.73. The molecule has 1 aliphatic rings. The molecule has 0 bridgehead atoms. The number of aromatic nitrogens is 1. The van der Waals surface area contributed by atoms with E-state index in [0.29, 0.717) is 6.42 Å². The standard InChI is InChI=1S/C19H22N2O2/c1-14-10-11-16(20-13-14)18(15-7-3-2-4-8-15)21-12-6-5-9-17(21)19(22)23/h2-4,7-8,10-11,13,17-18H,5-6,9,12H2,1H3,(H,22,23). The van der Waals surface area contributed by atoms with Crippen molar-refractivity contribution in [3.8, 4) is 0 Å². The van der Waals surface area contributed by atoms with Gasteiger partial charge >= 0.3 is 5.97 Å². The van der Waals surface area contributed by atoms with Crippen LogP contribution in [-0.4, -0.2) is 33.5 Å². The minimum atomic E-state index is -0.738. The molecular weight excluding hydrogens is 288 g/mol. The molecule has 0 amide bonds. The van der Waals surface area contributed by atoms with Gasteiger partial charge in [0.2, 0.25) is 0 Å². The smallest absolute Gasteiger partial charge is 0.320 e. The maximum Gasteiger partial charge on any atom is 0.320 e. The molecule has 2 heterocycles. The lowest BCUT2D eigenvalue weighted by molar-refractivity contribution is -0.145. The van der Waals surface area contributed by atoms with Gasteiger partial charge in [-0.3, -0.25) is 14.7 Å². The number of aliphatic carboxylic acids is 1. The largest absolute Gasteiger partial charge is 0.480 e. The monoisotopic (exact) mass is 310 g/mol. The summed E-state index contributed by atoms with van der Waals surface area (Å²) >= 11 is 0. The van der Waals surface area contributed by atoms with Crippen molar-refractivity contribution in [2.75, 3.05) is 6.54 Å². The molecule has 2 aromatic rings. The molecule has 3 rings (SSSR count). The molecule has 4 heteroatoms. The van der Waals surface area contributed by atoms with Crippen LogP contribution in [0, 0.1) is 6.92 Å². The zero-order valence-electron chi connectivity index (χ0n) is 13.4. The number of aryl methyl sites for hydroxylation is 1. The van der Waals surface area contributed by atoms with Crippen molar-refractivity contribution in [1.82, 2.24) is 9.88 Å². The van der Waals surface area contributed by atoms with Crippen LogP contribution in [0.4, 0.5) is 0 Å². The van der Waals surface area contributed by atoms with Crippen molar-refractivity contribution < 1.29 is 9.90 Å². The van der Waals surface area contributed by atoms with Gasteiger partial charge in [-0.15, -0.1) is 0 Å². The molecule has 0 radical (unpaired) electrons. The fourth-order valence-corrected chi connectivity index (χ4v) is 3.34. The molecule has 1 saturated heterocycles. The summed E-state index contributed by atoms with van der Waals surface area (Å²) in [5.41, 5.74) is 3.11. The van der Waals surface area contributed by atoms with E-state index in [1.807, 2.05) is 43.5 Å². The SMILES string of the molecule is Cc1ccc(C(c2ccccc2)N2CCCCC2C(=O)O)nc1. The van der Waals surface area contributed by atoms with Crippen LogP contribution in [0.2, 0.25) is 0 Å². The van der Waals surface area contributed by atoms with Crippen molar-refractivity contribution in [2.24, 2.45) is 0 Å². The van der Waals surface area contributed by atoms with Crippen molar-refractivity contribution in [3.05, 3.63) is 65.5 Å². The first kappa shape index (κ1) is 15.7. The number of rotatable bonds is 4. The molecule has 1 fully saturated rings. The Balaban J connectivity index is 2.04. The maximum absolute atomic E-state index is 11.7. The number of hydrogen-bond acceptors (Lipinski definition) is 3. The number of benzene rings is 1. The first-order valence-corrected chi connectivity index (χ1v) is 8.13. The van der Waals surface area contributed by atoms with E-state index in [4.69, 9.17) is 0 Å². The number of likely N-dealkylation sites (tertiary alicyclic amines) is 1. The molecule has 2 unspecified atom stereocenters. The van der Waals surface area contributed by atoms with Crippen LogP contribution >= 0.6 is 0 Å². The Bertz CT molecular complexity index is 655. The van der Waals surface area contributed by atoms with Crippen molar-refractivity contribution in [3.63, 3.8) is 0 Å². The molecule has 0 saturated carbocycles. The van der Waals surface area contributed by atoms with Crippen LogP contribution in [0.15, 0.2) is 48.7 Å². The van der Waals surface area contributed by atoms with Gasteiger partial charge in [-0.05, 0) is 43.5 Å². The Morgan fingerprint density at radius 2 is 2.00 bits per heavy atom. The minimum Gasteiger partial charge on any atom is -0.480 e. The Kier molecular flexibility index (Phi) is 4.72. The molecule has 1 aromatic carbocycles. The second-order valence-electron chi connectivity index (χ2n) is 6.16. The van der Waals surface area contributed by atoms with Gasteiger partial charge in [0.15, 0.2) is 0 Å². The van der Waals surface area contributed by atoms with Crippen LogP contribution < -0.4 is 0 Å². The van der Waals surface area contributed by atoms with Crippen LogP contribution in [0.3, 0.4) is 0 Å². The van der Waals surface area contributed by atoms with Gasteiger partial charge in [0, 0.05) is 6.20 Å². The zero-order valence-corrected chi connectivity index (χ0v) is 13.4. The predicted molar refractivity (Wildman–Crippen MR) is 89.2 cm³/mol. The Morgan fingerprint density at radius 3 is 2.65 bits per heavy atom. The van der Waals surface area contributed by atoms with Gasteiger partial charge in [0.05, 0.1) is 11.7 Å². The van der Waals surface area contributed by atoms with Crippen molar-refractivity contribution >= 4 is 5.97 Å². The highest BCUT2D eigenvalue weighted by Gasteiger charge is 2.35. The Hall–Kier alpha value is -2.20. The Labute approximate surface area is 136 Å². The highest BCUT2D eigenvalue weighted by Crippen LogP contribution is 2.33. The first-order chi connectivity index (χ1) is 11.2. The van der Waals surface area contributed by atoms with E-state index in [2.05, 4.69) is 22.0 Å². The molecule has 0 aliphatic carbocycles. The van der Waals surface area contributed by atoms with Crippen LogP contribution in [0.25, 0.3) is 0 Å². The van der Waals surface area contributed by atoms with E-state index in [0.717, 1.165) is 36.2 Å². The van der Waals surface area contributed by atoms with E-state index < -0.39 is 12.0 Å². The maximum atomic E-state index is 11.7. The zero-order chi connectivity index (χ0) is 16.2. The molecule has 120 valence electrons. The number of pyridine rings is 1. The molecule has 1 aromatic heterocycles. The van der Waals surface area contributed by atoms with E-state index in [9.17, 15) is 9.90 Å².